The molecule has 5 nitrogen and oxygen atoms in total. The molecule has 0 unspecified atom stereocenters. The van der Waals surface area contributed by atoms with Crippen LogP contribution >= 0.6 is 11.8 Å². The number of hydrogen-bond acceptors (Lipinski definition) is 5. The number of para-hydroxylation sites is 1. The van der Waals surface area contributed by atoms with Crippen molar-refractivity contribution in [1.82, 2.24) is 20.2 Å². The molecule has 0 saturated carbocycles. The normalized spacial score (nSPS) is 11.9. The summed E-state index contributed by atoms with van der Waals surface area (Å²) in [7, 11) is 0. The third-order valence-corrected chi connectivity index (χ3v) is 5.59. The van der Waals surface area contributed by atoms with Gasteiger partial charge < -0.3 is 0 Å². The molecule has 1 aromatic heterocycles. The summed E-state index contributed by atoms with van der Waals surface area (Å²) in [5.41, 5.74) is 3.54. The molecule has 0 saturated heterocycles. The van der Waals surface area contributed by atoms with Gasteiger partial charge in [-0.1, -0.05) is 90.6 Å². The second-order valence-corrected chi connectivity index (χ2v) is 7.37. The van der Waals surface area contributed by atoms with Crippen molar-refractivity contribution in [3.63, 3.8) is 0 Å². The Hall–Kier alpha value is -3.25. The lowest BCUT2D eigenvalue weighted by molar-refractivity contribution is 0.0989. The van der Waals surface area contributed by atoms with Crippen molar-refractivity contribution in [2.24, 2.45) is 0 Å². The Labute approximate surface area is 167 Å². The molecule has 6 heteroatoms. The molecule has 0 fully saturated rings. The van der Waals surface area contributed by atoms with E-state index in [4.69, 9.17) is 0 Å². The fourth-order valence-electron chi connectivity index (χ4n) is 2.96. The lowest BCUT2D eigenvalue weighted by Crippen LogP contribution is -2.11. The molecular weight excluding hydrogens is 368 g/mol. The van der Waals surface area contributed by atoms with Crippen molar-refractivity contribution in [3.05, 3.63) is 102 Å². The minimum absolute atomic E-state index is 0.0242. The molecule has 0 amide bonds. The third kappa shape index (κ3) is 3.73. The predicted octanol–water partition coefficient (Wildman–Crippen LogP) is 4.69. The van der Waals surface area contributed by atoms with E-state index >= 15 is 0 Å². The molecule has 0 spiro atoms. The molecule has 0 bridgehead atoms. The number of nitrogens with zero attached hydrogens (tertiary/aromatic N) is 4. The first kappa shape index (κ1) is 18.1. The lowest BCUT2D eigenvalue weighted by Gasteiger charge is -2.16. The maximum absolute atomic E-state index is 13.3. The Balaban J connectivity index is 1.73. The number of aromatic nitrogens is 4. The summed E-state index contributed by atoms with van der Waals surface area (Å²) in [5, 5.41) is 12.3. The van der Waals surface area contributed by atoms with Crippen molar-refractivity contribution in [2.45, 2.75) is 17.3 Å². The fourth-order valence-corrected chi connectivity index (χ4v) is 4.03. The summed E-state index contributed by atoms with van der Waals surface area (Å²) in [4.78, 5) is 13.3. The van der Waals surface area contributed by atoms with Gasteiger partial charge in [-0.25, -0.2) is 0 Å². The first-order valence-corrected chi connectivity index (χ1v) is 9.77. The molecule has 0 N–H and O–H groups in total. The van der Waals surface area contributed by atoms with E-state index in [-0.39, 0.29) is 5.78 Å². The molecule has 3 aromatic carbocycles. The van der Waals surface area contributed by atoms with Crippen LogP contribution in [-0.4, -0.2) is 26.0 Å². The first-order valence-electron chi connectivity index (χ1n) is 8.89. The molecule has 1 heterocycles. The number of benzene rings is 3. The van der Waals surface area contributed by atoms with Crippen LogP contribution in [0.3, 0.4) is 0 Å². The van der Waals surface area contributed by atoms with Crippen LogP contribution in [0, 0.1) is 6.92 Å². The maximum Gasteiger partial charge on any atom is 0.215 e. The quantitative estimate of drug-likeness (QED) is 0.355. The van der Waals surface area contributed by atoms with E-state index in [1.807, 2.05) is 91.9 Å². The Morgan fingerprint density at radius 2 is 1.54 bits per heavy atom. The minimum Gasteiger partial charge on any atom is -0.293 e. The summed E-state index contributed by atoms with van der Waals surface area (Å²) in [5.74, 6) is 0.0242. The Morgan fingerprint density at radius 3 is 2.25 bits per heavy atom. The Bertz CT molecular complexity index is 1080. The maximum atomic E-state index is 13.3. The first-order chi connectivity index (χ1) is 13.7. The number of carbonyl (C=O) groups excluding carboxylic acids is 1. The zero-order chi connectivity index (χ0) is 19.3. The fraction of sp³-hybridized carbons (Fsp3) is 0.0909. The number of carbonyl (C=O) groups is 1. The molecule has 0 radical (unpaired) electrons. The van der Waals surface area contributed by atoms with Crippen molar-refractivity contribution >= 4 is 17.5 Å². The summed E-state index contributed by atoms with van der Waals surface area (Å²) in [6, 6.07) is 26.9. The van der Waals surface area contributed by atoms with E-state index in [2.05, 4.69) is 15.5 Å². The Morgan fingerprint density at radius 1 is 0.893 bits per heavy atom. The number of thioether (sulfide) groups is 1. The van der Waals surface area contributed by atoms with Gasteiger partial charge in [0.1, 0.15) is 5.25 Å². The van der Waals surface area contributed by atoms with Gasteiger partial charge >= 0.3 is 0 Å². The van der Waals surface area contributed by atoms with E-state index in [0.717, 1.165) is 16.8 Å². The van der Waals surface area contributed by atoms with Gasteiger partial charge in [0.15, 0.2) is 5.78 Å². The number of aryl methyl sites for hydroxylation is 1. The minimum atomic E-state index is -0.447. The number of rotatable bonds is 6. The van der Waals surface area contributed by atoms with E-state index in [9.17, 15) is 4.79 Å². The highest BCUT2D eigenvalue weighted by Gasteiger charge is 2.26. The standard InChI is InChI=1S/C22H18N4OS/c1-16-10-8-9-15-19(16)26-22(23-24-25-26)28-21(18-13-6-3-7-14-18)20(27)17-11-4-2-5-12-17/h2-15,21H,1H3/t21-/m0/s1. The molecule has 138 valence electrons. The smallest absolute Gasteiger partial charge is 0.215 e. The number of hydrogen-bond donors (Lipinski definition) is 0. The largest absolute Gasteiger partial charge is 0.293 e. The zero-order valence-electron chi connectivity index (χ0n) is 15.3. The second-order valence-electron chi connectivity index (χ2n) is 6.30. The molecule has 4 rings (SSSR count). The van der Waals surface area contributed by atoms with Gasteiger partial charge in [-0.3, -0.25) is 4.79 Å². The van der Waals surface area contributed by atoms with Gasteiger partial charge in [0.2, 0.25) is 5.16 Å². The van der Waals surface area contributed by atoms with E-state index in [1.54, 1.807) is 4.68 Å². The van der Waals surface area contributed by atoms with Crippen LogP contribution in [0.4, 0.5) is 0 Å². The number of ketones is 1. The van der Waals surface area contributed by atoms with Crippen molar-refractivity contribution < 1.29 is 4.79 Å². The van der Waals surface area contributed by atoms with Crippen molar-refractivity contribution in [2.75, 3.05) is 0 Å². The topological polar surface area (TPSA) is 60.7 Å². The van der Waals surface area contributed by atoms with E-state index < -0.39 is 5.25 Å². The second kappa shape index (κ2) is 8.19. The molecule has 1 atom stereocenters. The molecular formula is C22H18N4OS. The highest BCUT2D eigenvalue weighted by Crippen LogP contribution is 2.37. The van der Waals surface area contributed by atoms with Gasteiger partial charge in [0.25, 0.3) is 0 Å². The highest BCUT2D eigenvalue weighted by molar-refractivity contribution is 8.00. The van der Waals surface area contributed by atoms with Crippen LogP contribution in [-0.2, 0) is 0 Å². The van der Waals surface area contributed by atoms with E-state index in [0.29, 0.717) is 10.7 Å². The van der Waals surface area contributed by atoms with Gasteiger partial charge in [-0.05, 0) is 34.5 Å². The van der Waals surface area contributed by atoms with Crippen LogP contribution in [0.1, 0.15) is 26.7 Å². The average Bonchev–Trinajstić information content (AvgIpc) is 3.21. The van der Waals surface area contributed by atoms with Gasteiger partial charge in [0.05, 0.1) is 5.69 Å². The summed E-state index contributed by atoms with van der Waals surface area (Å²) >= 11 is 1.36. The number of tetrazole rings is 1. The average molecular weight is 386 g/mol. The summed E-state index contributed by atoms with van der Waals surface area (Å²) in [6.07, 6.45) is 0. The molecule has 0 aliphatic heterocycles. The number of Topliss-reactive ketones (excluding diaryl/α,β-unsaturated/α-hetero) is 1. The van der Waals surface area contributed by atoms with Crippen LogP contribution in [0.15, 0.2) is 90.1 Å². The monoisotopic (exact) mass is 386 g/mol. The van der Waals surface area contributed by atoms with E-state index in [1.165, 1.54) is 11.8 Å². The van der Waals surface area contributed by atoms with Crippen LogP contribution in [0.2, 0.25) is 0 Å². The van der Waals surface area contributed by atoms with Crippen LogP contribution in [0.5, 0.6) is 0 Å². The molecule has 0 aliphatic rings. The van der Waals surface area contributed by atoms with Crippen LogP contribution in [0.25, 0.3) is 5.69 Å². The molecule has 0 aliphatic carbocycles. The SMILES string of the molecule is Cc1ccccc1-n1nnnc1S[C@H](C(=O)c1ccccc1)c1ccccc1. The van der Waals surface area contributed by atoms with Crippen LogP contribution < -0.4 is 0 Å². The van der Waals surface area contributed by atoms with Crippen molar-refractivity contribution in [1.29, 1.82) is 0 Å². The van der Waals surface area contributed by atoms with Crippen molar-refractivity contribution in [3.8, 4) is 5.69 Å². The Kier molecular flexibility index (Phi) is 5.30. The highest BCUT2D eigenvalue weighted by atomic mass is 32.2. The molecule has 28 heavy (non-hydrogen) atoms. The zero-order valence-corrected chi connectivity index (χ0v) is 16.1. The predicted molar refractivity (Wildman–Crippen MR) is 110 cm³/mol. The third-order valence-electron chi connectivity index (χ3n) is 4.41. The van der Waals surface area contributed by atoms with Gasteiger partial charge in [0, 0.05) is 5.56 Å². The van der Waals surface area contributed by atoms with Gasteiger partial charge in [-0.15, -0.1) is 5.10 Å². The molecule has 4 aromatic rings. The van der Waals surface area contributed by atoms with Gasteiger partial charge in [-0.2, -0.15) is 4.68 Å². The summed E-state index contributed by atoms with van der Waals surface area (Å²) in [6.45, 7) is 2.01. The lowest BCUT2D eigenvalue weighted by atomic mass is 10.0. The summed E-state index contributed by atoms with van der Waals surface area (Å²) < 4.78 is 1.69.